The SMILES string of the molecule is CC(=O)O.CCP(=O)(OC)OC. The molecule has 0 aromatic heterocycles. The number of rotatable bonds is 3. The summed E-state index contributed by atoms with van der Waals surface area (Å²) < 4.78 is 20.0. The maximum absolute atomic E-state index is 10.9. The number of aliphatic carboxylic acids is 1. The molecular formula is C6H15O5P. The molecular weight excluding hydrogens is 183 g/mol. The molecule has 0 rings (SSSR count). The van der Waals surface area contributed by atoms with Crippen molar-refractivity contribution in [2.75, 3.05) is 20.4 Å². The molecule has 0 aliphatic rings. The Kier molecular flexibility index (Phi) is 8.59. The Morgan fingerprint density at radius 3 is 1.67 bits per heavy atom. The highest BCUT2D eigenvalue weighted by molar-refractivity contribution is 7.53. The van der Waals surface area contributed by atoms with Crippen LogP contribution in [-0.2, 0) is 18.4 Å². The van der Waals surface area contributed by atoms with Gasteiger partial charge >= 0.3 is 7.60 Å². The van der Waals surface area contributed by atoms with E-state index in [1.165, 1.54) is 14.2 Å². The van der Waals surface area contributed by atoms with E-state index >= 15 is 0 Å². The summed E-state index contributed by atoms with van der Waals surface area (Å²) in [5.74, 6) is -0.833. The molecule has 0 amide bonds. The van der Waals surface area contributed by atoms with Crippen LogP contribution in [0.15, 0.2) is 0 Å². The average Bonchev–Trinajstić information content (AvgIpc) is 2.02. The Labute approximate surface area is 72.2 Å². The minimum absolute atomic E-state index is 0.431. The van der Waals surface area contributed by atoms with Crippen LogP contribution in [0, 0.1) is 0 Å². The number of carbonyl (C=O) groups is 1. The second-order valence-corrected chi connectivity index (χ2v) is 4.40. The van der Waals surface area contributed by atoms with Crippen LogP contribution < -0.4 is 0 Å². The first-order valence-electron chi connectivity index (χ1n) is 3.32. The van der Waals surface area contributed by atoms with Gasteiger partial charge in [-0.05, 0) is 0 Å². The van der Waals surface area contributed by atoms with Crippen LogP contribution in [0.4, 0.5) is 0 Å². The fourth-order valence-corrected chi connectivity index (χ4v) is 0.998. The first kappa shape index (κ1) is 14.2. The molecule has 0 aliphatic carbocycles. The Bertz CT molecular complexity index is 144. The number of hydrogen-bond donors (Lipinski definition) is 1. The first-order valence-corrected chi connectivity index (χ1v) is 5.04. The molecule has 0 aromatic carbocycles. The van der Waals surface area contributed by atoms with Gasteiger partial charge in [0, 0.05) is 27.3 Å². The largest absolute Gasteiger partial charge is 0.481 e. The van der Waals surface area contributed by atoms with Crippen molar-refractivity contribution in [3.8, 4) is 0 Å². The fraction of sp³-hybridized carbons (Fsp3) is 0.833. The van der Waals surface area contributed by atoms with E-state index in [1.807, 2.05) is 0 Å². The van der Waals surface area contributed by atoms with Crippen LogP contribution in [0.5, 0.6) is 0 Å². The van der Waals surface area contributed by atoms with Crippen LogP contribution in [0.2, 0.25) is 0 Å². The molecule has 0 saturated heterocycles. The summed E-state index contributed by atoms with van der Waals surface area (Å²) in [6.07, 6.45) is 0.431. The van der Waals surface area contributed by atoms with Crippen LogP contribution in [0.1, 0.15) is 13.8 Å². The van der Waals surface area contributed by atoms with Gasteiger partial charge < -0.3 is 14.2 Å². The van der Waals surface area contributed by atoms with Crippen LogP contribution in [0.25, 0.3) is 0 Å². The van der Waals surface area contributed by atoms with Crippen LogP contribution in [0.3, 0.4) is 0 Å². The Hall–Kier alpha value is -0.380. The second kappa shape index (κ2) is 7.28. The first-order chi connectivity index (χ1) is 5.41. The molecule has 74 valence electrons. The van der Waals surface area contributed by atoms with Gasteiger partial charge in [0.15, 0.2) is 0 Å². The highest BCUT2D eigenvalue weighted by Crippen LogP contribution is 2.45. The minimum Gasteiger partial charge on any atom is -0.481 e. The third-order valence-electron chi connectivity index (χ3n) is 0.944. The maximum Gasteiger partial charge on any atom is 0.329 e. The summed E-state index contributed by atoms with van der Waals surface area (Å²) >= 11 is 0. The van der Waals surface area contributed by atoms with E-state index in [1.54, 1.807) is 6.92 Å². The van der Waals surface area contributed by atoms with Gasteiger partial charge in [-0.1, -0.05) is 6.92 Å². The van der Waals surface area contributed by atoms with Gasteiger partial charge in [0.05, 0.1) is 0 Å². The van der Waals surface area contributed by atoms with Gasteiger partial charge in [0.2, 0.25) is 0 Å². The third-order valence-corrected chi connectivity index (χ3v) is 2.83. The van der Waals surface area contributed by atoms with Crippen molar-refractivity contribution in [1.29, 1.82) is 0 Å². The number of hydrogen-bond acceptors (Lipinski definition) is 4. The van der Waals surface area contributed by atoms with Crippen LogP contribution in [-0.4, -0.2) is 31.5 Å². The molecule has 0 fully saturated rings. The normalized spacial score (nSPS) is 10.0. The van der Waals surface area contributed by atoms with Crippen molar-refractivity contribution >= 4 is 13.6 Å². The van der Waals surface area contributed by atoms with Gasteiger partial charge in [0.25, 0.3) is 5.97 Å². The summed E-state index contributed by atoms with van der Waals surface area (Å²) in [5, 5.41) is 7.42. The lowest BCUT2D eigenvalue weighted by Crippen LogP contribution is -1.89. The van der Waals surface area contributed by atoms with Gasteiger partial charge in [-0.25, -0.2) is 0 Å². The summed E-state index contributed by atoms with van der Waals surface area (Å²) in [4.78, 5) is 9.00. The van der Waals surface area contributed by atoms with E-state index in [9.17, 15) is 4.57 Å². The second-order valence-electron chi connectivity index (χ2n) is 1.81. The average molecular weight is 198 g/mol. The lowest BCUT2D eigenvalue weighted by Gasteiger charge is -2.08. The number of carboxylic acid groups (broad SMARTS) is 1. The molecule has 0 radical (unpaired) electrons. The Morgan fingerprint density at radius 2 is 1.67 bits per heavy atom. The molecule has 6 heteroatoms. The predicted molar refractivity (Wildman–Crippen MR) is 45.5 cm³/mol. The zero-order chi connectivity index (χ0) is 10.2. The van der Waals surface area contributed by atoms with E-state index in [0.717, 1.165) is 6.92 Å². The summed E-state index contributed by atoms with van der Waals surface area (Å²) in [5.41, 5.74) is 0. The minimum atomic E-state index is -2.66. The molecule has 0 aliphatic heterocycles. The van der Waals surface area contributed by atoms with Crippen molar-refractivity contribution in [1.82, 2.24) is 0 Å². The summed E-state index contributed by atoms with van der Waals surface area (Å²) in [6, 6.07) is 0. The molecule has 12 heavy (non-hydrogen) atoms. The Balaban J connectivity index is 0. The van der Waals surface area contributed by atoms with Crippen molar-refractivity contribution in [2.45, 2.75) is 13.8 Å². The van der Waals surface area contributed by atoms with Crippen molar-refractivity contribution in [2.24, 2.45) is 0 Å². The van der Waals surface area contributed by atoms with Crippen LogP contribution >= 0.6 is 7.60 Å². The summed E-state index contributed by atoms with van der Waals surface area (Å²) in [7, 11) is 0.103. The van der Waals surface area contributed by atoms with Gasteiger partial charge in [-0.15, -0.1) is 0 Å². The third kappa shape index (κ3) is 9.62. The van der Waals surface area contributed by atoms with Gasteiger partial charge in [-0.3, -0.25) is 9.36 Å². The molecule has 0 unspecified atom stereocenters. The molecule has 1 N–H and O–H groups in total. The van der Waals surface area contributed by atoms with E-state index in [4.69, 9.17) is 9.90 Å². The molecule has 0 aromatic rings. The maximum atomic E-state index is 10.9. The monoisotopic (exact) mass is 198 g/mol. The van der Waals surface area contributed by atoms with Crippen molar-refractivity contribution < 1.29 is 23.5 Å². The highest BCUT2D eigenvalue weighted by Gasteiger charge is 2.15. The van der Waals surface area contributed by atoms with Crippen molar-refractivity contribution in [3.05, 3.63) is 0 Å². The summed E-state index contributed by atoms with van der Waals surface area (Å²) in [6.45, 7) is 2.84. The Morgan fingerprint density at radius 1 is 1.42 bits per heavy atom. The highest BCUT2D eigenvalue weighted by atomic mass is 31.2. The topological polar surface area (TPSA) is 72.8 Å². The van der Waals surface area contributed by atoms with Crippen molar-refractivity contribution in [3.63, 3.8) is 0 Å². The quantitative estimate of drug-likeness (QED) is 0.697. The molecule has 0 spiro atoms. The molecule has 0 saturated carbocycles. The van der Waals surface area contributed by atoms with E-state index in [0.29, 0.717) is 6.16 Å². The van der Waals surface area contributed by atoms with Gasteiger partial charge in [-0.2, -0.15) is 0 Å². The molecule has 0 atom stereocenters. The predicted octanol–water partition coefficient (Wildman–Crippen LogP) is 1.58. The van der Waals surface area contributed by atoms with E-state index in [-0.39, 0.29) is 0 Å². The lowest BCUT2D eigenvalue weighted by atomic mass is 10.9. The zero-order valence-corrected chi connectivity index (χ0v) is 8.63. The van der Waals surface area contributed by atoms with E-state index < -0.39 is 13.6 Å². The lowest BCUT2D eigenvalue weighted by molar-refractivity contribution is -0.134. The zero-order valence-electron chi connectivity index (χ0n) is 7.73. The molecule has 0 heterocycles. The van der Waals surface area contributed by atoms with E-state index in [2.05, 4.69) is 9.05 Å². The number of carboxylic acids is 1. The smallest absolute Gasteiger partial charge is 0.329 e. The fourth-order valence-electron chi connectivity index (χ4n) is 0.333. The van der Waals surface area contributed by atoms with Gasteiger partial charge in [0.1, 0.15) is 0 Å². The molecule has 5 nitrogen and oxygen atoms in total. The molecule has 0 bridgehead atoms. The standard InChI is InChI=1S/C4H11O3P.C2H4O2/c1-4-8(5,6-2)7-3;1-2(3)4/h4H2,1-3H3;1H3,(H,3,4).